The molecule has 0 saturated carbocycles. The highest BCUT2D eigenvalue weighted by Crippen LogP contribution is 2.18. The van der Waals surface area contributed by atoms with Crippen LogP contribution in [0.25, 0.3) is 0 Å². The van der Waals surface area contributed by atoms with Crippen molar-refractivity contribution in [1.82, 2.24) is 19.4 Å². The van der Waals surface area contributed by atoms with Crippen LogP contribution in [-0.4, -0.2) is 64.2 Å². The van der Waals surface area contributed by atoms with Gasteiger partial charge in [0.2, 0.25) is 0 Å². The summed E-state index contributed by atoms with van der Waals surface area (Å²) in [6, 6.07) is 7.29. The van der Waals surface area contributed by atoms with E-state index >= 15 is 0 Å². The number of amides is 1. The summed E-state index contributed by atoms with van der Waals surface area (Å²) in [5.41, 5.74) is 1.60. The fourth-order valence-corrected chi connectivity index (χ4v) is 2.89. The highest BCUT2D eigenvalue weighted by Gasteiger charge is 2.32. The van der Waals surface area contributed by atoms with Crippen LogP contribution >= 0.6 is 0 Å². The molecular weight excluding hydrogens is 333 g/mol. The molecule has 0 aliphatic carbocycles. The van der Waals surface area contributed by atoms with Crippen LogP contribution in [0.15, 0.2) is 43.0 Å². The molecule has 8 heteroatoms. The van der Waals surface area contributed by atoms with Gasteiger partial charge in [0.25, 0.3) is 5.91 Å². The highest BCUT2D eigenvalue weighted by molar-refractivity contribution is 5.94. The predicted molar refractivity (Wildman–Crippen MR) is 86.2 cm³/mol. The first-order valence-corrected chi connectivity index (χ1v) is 8.04. The van der Waals surface area contributed by atoms with Crippen molar-refractivity contribution in [3.05, 3.63) is 54.1 Å². The normalized spacial score (nSPS) is 16.2. The Hall–Kier alpha value is -2.35. The van der Waals surface area contributed by atoms with Crippen molar-refractivity contribution in [2.45, 2.75) is 12.7 Å². The lowest BCUT2D eigenvalue weighted by atomic mass is 10.1. The molecule has 0 radical (unpaired) electrons. The second-order valence-corrected chi connectivity index (χ2v) is 6.12. The summed E-state index contributed by atoms with van der Waals surface area (Å²) in [5.74, 6) is -0.138. The number of nitrogens with zero attached hydrogens (tertiary/aromatic N) is 4. The van der Waals surface area contributed by atoms with E-state index in [1.54, 1.807) is 29.6 Å². The fraction of sp³-hybridized carbons (Fsp3) is 0.412. The quantitative estimate of drug-likeness (QED) is 0.848. The number of alkyl halides is 3. The maximum absolute atomic E-state index is 12.5. The molecule has 1 aliphatic rings. The van der Waals surface area contributed by atoms with Gasteiger partial charge >= 0.3 is 6.18 Å². The summed E-state index contributed by atoms with van der Waals surface area (Å²) < 4.78 is 39.1. The SMILES string of the molecule is O=C(c1ccc(Cn2ccnc2)cc1)N1CCN(CC(F)(F)F)CC1. The standard InChI is InChI=1S/C17H19F3N4O/c18-17(19,20)12-22-7-9-24(10-8-22)16(25)15-3-1-14(2-4-15)11-23-6-5-21-13-23/h1-6,13H,7-12H2. The van der Waals surface area contributed by atoms with Gasteiger partial charge in [-0.25, -0.2) is 4.98 Å². The molecule has 0 atom stereocenters. The third-order valence-electron chi connectivity index (χ3n) is 4.19. The molecule has 1 fully saturated rings. The minimum atomic E-state index is -4.20. The molecule has 5 nitrogen and oxygen atoms in total. The second-order valence-electron chi connectivity index (χ2n) is 6.12. The summed E-state index contributed by atoms with van der Waals surface area (Å²) in [6.45, 7) is 0.855. The van der Waals surface area contributed by atoms with Gasteiger partial charge in [-0.3, -0.25) is 9.69 Å². The summed E-state index contributed by atoms with van der Waals surface area (Å²) in [6.07, 6.45) is 1.09. The van der Waals surface area contributed by atoms with Crippen molar-refractivity contribution >= 4 is 5.91 Å². The molecule has 134 valence electrons. The van der Waals surface area contributed by atoms with Gasteiger partial charge in [-0.1, -0.05) is 12.1 Å². The number of carbonyl (C=O) groups excluding carboxylic acids is 1. The lowest BCUT2D eigenvalue weighted by Crippen LogP contribution is -2.50. The van der Waals surface area contributed by atoms with Crippen LogP contribution in [0.2, 0.25) is 0 Å². The Balaban J connectivity index is 1.55. The molecule has 0 bridgehead atoms. The monoisotopic (exact) mass is 352 g/mol. The number of rotatable bonds is 4. The number of imidazole rings is 1. The molecule has 2 aromatic rings. The molecule has 1 saturated heterocycles. The zero-order valence-corrected chi connectivity index (χ0v) is 13.6. The number of piperazine rings is 1. The lowest BCUT2D eigenvalue weighted by molar-refractivity contribution is -0.148. The third-order valence-corrected chi connectivity index (χ3v) is 4.19. The van der Waals surface area contributed by atoms with E-state index in [-0.39, 0.29) is 19.0 Å². The average Bonchev–Trinajstić information content (AvgIpc) is 3.07. The van der Waals surface area contributed by atoms with E-state index in [9.17, 15) is 18.0 Å². The van der Waals surface area contributed by atoms with Gasteiger partial charge < -0.3 is 9.47 Å². The minimum absolute atomic E-state index is 0.138. The van der Waals surface area contributed by atoms with Gasteiger partial charge in [0.05, 0.1) is 12.9 Å². The molecule has 2 heterocycles. The van der Waals surface area contributed by atoms with E-state index in [0.717, 1.165) is 5.56 Å². The number of carbonyl (C=O) groups is 1. The van der Waals surface area contributed by atoms with Crippen LogP contribution in [0.5, 0.6) is 0 Å². The van der Waals surface area contributed by atoms with E-state index in [0.29, 0.717) is 25.2 Å². The fourth-order valence-electron chi connectivity index (χ4n) is 2.89. The van der Waals surface area contributed by atoms with Crippen LogP contribution in [-0.2, 0) is 6.54 Å². The second kappa shape index (κ2) is 7.26. The summed E-state index contributed by atoms with van der Waals surface area (Å²) in [4.78, 5) is 19.4. The summed E-state index contributed by atoms with van der Waals surface area (Å²) >= 11 is 0. The first-order valence-electron chi connectivity index (χ1n) is 8.04. The smallest absolute Gasteiger partial charge is 0.336 e. The Kier molecular flexibility index (Phi) is 5.08. The largest absolute Gasteiger partial charge is 0.401 e. The summed E-state index contributed by atoms with van der Waals surface area (Å²) in [5, 5.41) is 0. The molecule has 25 heavy (non-hydrogen) atoms. The van der Waals surface area contributed by atoms with Crippen molar-refractivity contribution in [2.75, 3.05) is 32.7 Å². The molecule has 0 N–H and O–H groups in total. The molecule has 0 unspecified atom stereocenters. The molecule has 1 amide bonds. The van der Waals surface area contributed by atoms with Crippen LogP contribution in [0, 0.1) is 0 Å². The average molecular weight is 352 g/mol. The van der Waals surface area contributed by atoms with Crippen molar-refractivity contribution in [3.63, 3.8) is 0 Å². The molecule has 1 aromatic heterocycles. The Morgan fingerprint density at radius 1 is 1.08 bits per heavy atom. The number of benzene rings is 1. The van der Waals surface area contributed by atoms with Crippen molar-refractivity contribution in [1.29, 1.82) is 0 Å². The van der Waals surface area contributed by atoms with Gasteiger partial charge in [0.1, 0.15) is 0 Å². The Bertz CT molecular complexity index is 690. The van der Waals surface area contributed by atoms with E-state index in [1.165, 1.54) is 4.90 Å². The zero-order valence-electron chi connectivity index (χ0n) is 13.6. The number of hydrogen-bond acceptors (Lipinski definition) is 3. The zero-order chi connectivity index (χ0) is 17.9. The highest BCUT2D eigenvalue weighted by atomic mass is 19.4. The van der Waals surface area contributed by atoms with Crippen molar-refractivity contribution in [3.8, 4) is 0 Å². The van der Waals surface area contributed by atoms with Crippen molar-refractivity contribution < 1.29 is 18.0 Å². The Morgan fingerprint density at radius 2 is 1.76 bits per heavy atom. The van der Waals surface area contributed by atoms with Gasteiger partial charge in [-0.2, -0.15) is 13.2 Å². The van der Waals surface area contributed by atoms with Crippen LogP contribution in [0.1, 0.15) is 15.9 Å². The van der Waals surface area contributed by atoms with E-state index in [2.05, 4.69) is 4.98 Å². The summed E-state index contributed by atoms with van der Waals surface area (Å²) in [7, 11) is 0. The third kappa shape index (κ3) is 4.82. The van der Waals surface area contributed by atoms with Gasteiger partial charge in [-0.05, 0) is 17.7 Å². The minimum Gasteiger partial charge on any atom is -0.336 e. The lowest BCUT2D eigenvalue weighted by Gasteiger charge is -2.35. The molecule has 0 spiro atoms. The number of hydrogen-bond donors (Lipinski definition) is 0. The van der Waals surface area contributed by atoms with Gasteiger partial charge in [0, 0.05) is 50.7 Å². The van der Waals surface area contributed by atoms with Crippen LogP contribution in [0.3, 0.4) is 0 Å². The Labute approximate surface area is 143 Å². The van der Waals surface area contributed by atoms with Gasteiger partial charge in [-0.15, -0.1) is 0 Å². The molecule has 1 aliphatic heterocycles. The maximum atomic E-state index is 12.5. The van der Waals surface area contributed by atoms with E-state index < -0.39 is 12.7 Å². The van der Waals surface area contributed by atoms with E-state index in [4.69, 9.17) is 0 Å². The van der Waals surface area contributed by atoms with Crippen LogP contribution < -0.4 is 0 Å². The van der Waals surface area contributed by atoms with Crippen LogP contribution in [0.4, 0.5) is 13.2 Å². The predicted octanol–water partition coefficient (Wildman–Crippen LogP) is 2.25. The molecule has 3 rings (SSSR count). The molecular formula is C17H19F3N4O. The van der Waals surface area contributed by atoms with Gasteiger partial charge in [0.15, 0.2) is 0 Å². The maximum Gasteiger partial charge on any atom is 0.401 e. The molecule has 1 aromatic carbocycles. The number of halogens is 3. The topological polar surface area (TPSA) is 41.4 Å². The van der Waals surface area contributed by atoms with Crippen molar-refractivity contribution in [2.24, 2.45) is 0 Å². The Morgan fingerprint density at radius 3 is 2.32 bits per heavy atom. The number of aromatic nitrogens is 2. The first-order chi connectivity index (χ1) is 11.9. The van der Waals surface area contributed by atoms with E-state index in [1.807, 2.05) is 22.9 Å². The first kappa shape index (κ1) is 17.5.